The molecule has 3 rings (SSSR count). The largest absolute Gasteiger partial charge is 0.497 e. The number of amides is 1. The Balaban J connectivity index is 1.68. The molecule has 0 aliphatic carbocycles. The minimum Gasteiger partial charge on any atom is -0.497 e. The Morgan fingerprint density at radius 1 is 1.16 bits per heavy atom. The zero-order valence-corrected chi connectivity index (χ0v) is 19.6. The highest BCUT2D eigenvalue weighted by molar-refractivity contribution is 8.00. The molecule has 1 amide bonds. The third kappa shape index (κ3) is 6.18. The Bertz CT molecular complexity index is 1120. The van der Waals surface area contributed by atoms with E-state index in [1.807, 2.05) is 30.3 Å². The highest BCUT2D eigenvalue weighted by Crippen LogP contribution is 2.29. The molecule has 31 heavy (non-hydrogen) atoms. The van der Waals surface area contributed by atoms with Crippen LogP contribution in [-0.4, -0.2) is 43.9 Å². The number of hydrogen-bond donors (Lipinski definition) is 1. The zero-order chi connectivity index (χ0) is 22.4. The fourth-order valence-electron chi connectivity index (χ4n) is 2.79. The summed E-state index contributed by atoms with van der Waals surface area (Å²) in [6.45, 7) is 1.52. The number of nitrogens with one attached hydrogen (secondary N) is 1. The Morgan fingerprint density at radius 2 is 1.84 bits per heavy atom. The van der Waals surface area contributed by atoms with Crippen molar-refractivity contribution in [2.24, 2.45) is 0 Å². The molecule has 0 radical (unpaired) electrons. The van der Waals surface area contributed by atoms with E-state index in [0.717, 1.165) is 21.9 Å². The number of nitrogens with zero attached hydrogens (tertiary/aromatic N) is 3. The first-order valence-electron chi connectivity index (χ1n) is 9.22. The molecule has 164 valence electrons. The number of ether oxygens (including phenoxy) is 1. The van der Waals surface area contributed by atoms with E-state index < -0.39 is 22.0 Å². The second-order valence-electron chi connectivity index (χ2n) is 6.57. The number of hydrogen-bond acceptors (Lipinski definition) is 8. The minimum atomic E-state index is -3.71. The number of benzene rings is 2. The van der Waals surface area contributed by atoms with E-state index in [0.29, 0.717) is 20.9 Å². The van der Waals surface area contributed by atoms with Gasteiger partial charge in [0.25, 0.3) is 0 Å². The maximum atomic E-state index is 12.8. The monoisotopic (exact) mass is 478 g/mol. The highest BCUT2D eigenvalue weighted by atomic mass is 32.2. The molecule has 0 bridgehead atoms. The number of anilines is 2. The summed E-state index contributed by atoms with van der Waals surface area (Å²) in [4.78, 5) is 12.8. The van der Waals surface area contributed by atoms with E-state index in [1.54, 1.807) is 24.3 Å². The normalized spacial score (nSPS) is 12.2. The molecule has 0 unspecified atom stereocenters. The van der Waals surface area contributed by atoms with Crippen LogP contribution in [0, 0.1) is 0 Å². The van der Waals surface area contributed by atoms with Crippen LogP contribution in [0.25, 0.3) is 0 Å². The Hall–Kier alpha value is -2.63. The topological polar surface area (TPSA) is 101 Å². The lowest BCUT2D eigenvalue weighted by Crippen LogP contribution is -2.45. The summed E-state index contributed by atoms with van der Waals surface area (Å²) in [5.41, 5.74) is 1.52. The summed E-state index contributed by atoms with van der Waals surface area (Å²) < 4.78 is 31.7. The van der Waals surface area contributed by atoms with Crippen molar-refractivity contribution in [1.82, 2.24) is 10.2 Å². The van der Waals surface area contributed by atoms with Crippen molar-refractivity contribution in [2.75, 3.05) is 23.0 Å². The van der Waals surface area contributed by atoms with E-state index in [2.05, 4.69) is 15.5 Å². The molecule has 2 aromatic carbocycles. The summed E-state index contributed by atoms with van der Waals surface area (Å²) in [7, 11) is -2.19. The van der Waals surface area contributed by atoms with E-state index in [9.17, 15) is 13.2 Å². The first kappa shape index (κ1) is 23.0. The molecule has 3 aromatic rings. The standard InChI is InChI=1S/C20H22N4O4S3/c1-14(24(31(3,26)27)16-9-11-17(28-2)12-10-16)18(25)21-19-22-23-20(30-19)29-13-15-7-5-4-6-8-15/h4-12,14H,13H2,1-3H3,(H,21,22,25)/t14-/m0/s1. The van der Waals surface area contributed by atoms with Crippen LogP contribution < -0.4 is 14.4 Å². The number of carbonyl (C=O) groups is 1. The molecule has 1 aromatic heterocycles. The predicted molar refractivity (Wildman–Crippen MR) is 124 cm³/mol. The van der Waals surface area contributed by atoms with E-state index in [-0.39, 0.29) is 0 Å². The number of methoxy groups -OCH3 is 1. The fourth-order valence-corrected chi connectivity index (χ4v) is 5.67. The maximum Gasteiger partial charge on any atom is 0.249 e. The van der Waals surface area contributed by atoms with Crippen LogP contribution in [0.3, 0.4) is 0 Å². The molecule has 0 aliphatic rings. The molecular weight excluding hydrogens is 456 g/mol. The van der Waals surface area contributed by atoms with Gasteiger partial charge in [-0.1, -0.05) is 53.4 Å². The van der Waals surface area contributed by atoms with Crippen molar-refractivity contribution in [1.29, 1.82) is 0 Å². The average molecular weight is 479 g/mol. The van der Waals surface area contributed by atoms with Crippen LogP contribution in [0.15, 0.2) is 58.9 Å². The molecule has 0 saturated heterocycles. The van der Waals surface area contributed by atoms with Gasteiger partial charge < -0.3 is 4.74 Å². The van der Waals surface area contributed by atoms with Gasteiger partial charge in [0.05, 0.1) is 19.1 Å². The third-order valence-electron chi connectivity index (χ3n) is 4.26. The number of aromatic nitrogens is 2. The van der Waals surface area contributed by atoms with Crippen LogP contribution in [0.1, 0.15) is 12.5 Å². The van der Waals surface area contributed by atoms with Gasteiger partial charge in [-0.05, 0) is 36.8 Å². The van der Waals surface area contributed by atoms with Gasteiger partial charge >= 0.3 is 0 Å². The highest BCUT2D eigenvalue weighted by Gasteiger charge is 2.29. The summed E-state index contributed by atoms with van der Waals surface area (Å²) in [6.07, 6.45) is 1.06. The molecule has 0 fully saturated rings. The minimum absolute atomic E-state index is 0.315. The number of carbonyl (C=O) groups excluding carboxylic acids is 1. The van der Waals surface area contributed by atoms with E-state index in [4.69, 9.17) is 4.74 Å². The molecule has 1 atom stereocenters. The Kier molecular flexibility index (Phi) is 7.52. The van der Waals surface area contributed by atoms with Crippen molar-refractivity contribution >= 4 is 49.8 Å². The average Bonchev–Trinajstić information content (AvgIpc) is 3.20. The zero-order valence-electron chi connectivity index (χ0n) is 17.2. The van der Waals surface area contributed by atoms with Gasteiger partial charge in [-0.3, -0.25) is 14.4 Å². The summed E-state index contributed by atoms with van der Waals surface area (Å²) in [5.74, 6) is 0.819. The quantitative estimate of drug-likeness (QED) is 0.370. The first-order chi connectivity index (χ1) is 14.8. The SMILES string of the molecule is COc1ccc(N([C@@H](C)C(=O)Nc2nnc(SCc3ccccc3)s2)S(C)(=O)=O)cc1. The molecular formula is C20H22N4O4S3. The molecule has 0 saturated carbocycles. The van der Waals surface area contributed by atoms with Crippen LogP contribution in [0.5, 0.6) is 5.75 Å². The third-order valence-corrected chi connectivity index (χ3v) is 7.54. The molecule has 0 aliphatic heterocycles. The van der Waals surface area contributed by atoms with E-state index in [1.165, 1.54) is 37.1 Å². The summed E-state index contributed by atoms with van der Waals surface area (Å²) >= 11 is 2.76. The number of thioether (sulfide) groups is 1. The number of rotatable bonds is 9. The second kappa shape index (κ2) is 10.1. The molecule has 11 heteroatoms. The first-order valence-corrected chi connectivity index (χ1v) is 12.9. The molecule has 1 heterocycles. The van der Waals surface area contributed by atoms with E-state index >= 15 is 0 Å². The lowest BCUT2D eigenvalue weighted by Gasteiger charge is -2.27. The Morgan fingerprint density at radius 3 is 2.45 bits per heavy atom. The molecule has 8 nitrogen and oxygen atoms in total. The van der Waals surface area contributed by atoms with Gasteiger partial charge in [-0.15, -0.1) is 10.2 Å². The van der Waals surface area contributed by atoms with Crippen molar-refractivity contribution in [3.05, 3.63) is 60.2 Å². The van der Waals surface area contributed by atoms with Gasteiger partial charge in [-0.2, -0.15) is 0 Å². The van der Waals surface area contributed by atoms with Gasteiger partial charge in [0.15, 0.2) is 4.34 Å². The van der Waals surface area contributed by atoms with Gasteiger partial charge in [0.1, 0.15) is 11.8 Å². The van der Waals surface area contributed by atoms with Crippen LogP contribution >= 0.6 is 23.1 Å². The predicted octanol–water partition coefficient (Wildman–Crippen LogP) is 3.63. The Labute approximate surface area is 189 Å². The lowest BCUT2D eigenvalue weighted by molar-refractivity contribution is -0.116. The second-order valence-corrected chi connectivity index (χ2v) is 10.6. The lowest BCUT2D eigenvalue weighted by atomic mass is 10.2. The van der Waals surface area contributed by atoms with Crippen molar-refractivity contribution < 1.29 is 17.9 Å². The summed E-state index contributed by atoms with van der Waals surface area (Å²) in [5, 5.41) is 11.1. The smallest absolute Gasteiger partial charge is 0.249 e. The van der Waals surface area contributed by atoms with Crippen LogP contribution in [-0.2, 0) is 20.6 Å². The molecule has 0 spiro atoms. The van der Waals surface area contributed by atoms with Crippen LogP contribution in [0.4, 0.5) is 10.8 Å². The summed E-state index contributed by atoms with van der Waals surface area (Å²) in [6, 6.07) is 15.4. The van der Waals surface area contributed by atoms with Crippen molar-refractivity contribution in [3.8, 4) is 5.75 Å². The van der Waals surface area contributed by atoms with Gasteiger partial charge in [0.2, 0.25) is 21.1 Å². The van der Waals surface area contributed by atoms with Crippen LogP contribution in [0.2, 0.25) is 0 Å². The number of sulfonamides is 1. The fraction of sp³-hybridized carbons (Fsp3) is 0.250. The maximum absolute atomic E-state index is 12.8. The molecule has 1 N–H and O–H groups in total. The van der Waals surface area contributed by atoms with Gasteiger partial charge in [0, 0.05) is 5.75 Å². The van der Waals surface area contributed by atoms with Crippen molar-refractivity contribution in [3.63, 3.8) is 0 Å². The van der Waals surface area contributed by atoms with Crippen molar-refractivity contribution in [2.45, 2.75) is 23.1 Å². The van der Waals surface area contributed by atoms with Gasteiger partial charge in [-0.25, -0.2) is 8.42 Å².